The maximum absolute atomic E-state index is 13.2. The molecule has 82 valence electrons. The zero-order valence-corrected chi connectivity index (χ0v) is 8.33. The largest absolute Gasteiger partial charge is 0.343 e. The fourth-order valence-electron chi connectivity index (χ4n) is 1.01. The summed E-state index contributed by atoms with van der Waals surface area (Å²) in [5.74, 6) is -1.69. The number of hydrogen-bond acceptors (Lipinski definition) is 4. The minimum atomic E-state index is -0.923. The second-order valence-electron chi connectivity index (χ2n) is 2.83. The van der Waals surface area contributed by atoms with Crippen LogP contribution in [0.15, 0.2) is 29.5 Å². The topological polar surface area (TPSA) is 83.4 Å². The molecule has 0 saturated heterocycles. The third-order valence-corrected chi connectivity index (χ3v) is 1.78. The second kappa shape index (κ2) is 5.25. The quantitative estimate of drug-likeness (QED) is 0.789. The maximum atomic E-state index is 13.2. The van der Waals surface area contributed by atoms with Gasteiger partial charge in [0.25, 0.3) is 0 Å². The molecule has 0 aliphatic carbocycles. The predicted molar refractivity (Wildman–Crippen MR) is 53.8 cm³/mol. The molecule has 6 heteroatoms. The van der Waals surface area contributed by atoms with Crippen molar-refractivity contribution in [2.24, 2.45) is 0 Å². The van der Waals surface area contributed by atoms with Crippen LogP contribution in [0.3, 0.4) is 0 Å². The van der Waals surface area contributed by atoms with E-state index in [0.29, 0.717) is 6.07 Å². The minimum absolute atomic E-state index is 0.189. The standard InChI is InChI=1S/C11H4F2N4/c12-8-1-2-10(9(13)3-8)17-11(6-16)7(4-14)5-15/h1-3,17H. The van der Waals surface area contributed by atoms with Gasteiger partial charge in [-0.2, -0.15) is 15.8 Å². The van der Waals surface area contributed by atoms with Crippen LogP contribution in [-0.2, 0) is 0 Å². The van der Waals surface area contributed by atoms with Crippen LogP contribution in [0.25, 0.3) is 0 Å². The molecule has 0 fully saturated rings. The molecule has 0 unspecified atom stereocenters. The number of nitriles is 3. The number of halogens is 2. The van der Waals surface area contributed by atoms with Crippen molar-refractivity contribution in [1.82, 2.24) is 0 Å². The Balaban J connectivity index is 3.16. The van der Waals surface area contributed by atoms with Gasteiger partial charge in [-0.1, -0.05) is 0 Å². The molecule has 0 bridgehead atoms. The summed E-state index contributed by atoms with van der Waals surface area (Å²) >= 11 is 0. The van der Waals surface area contributed by atoms with E-state index in [9.17, 15) is 8.78 Å². The summed E-state index contributed by atoms with van der Waals surface area (Å²) in [7, 11) is 0. The van der Waals surface area contributed by atoms with Crippen LogP contribution in [0, 0.1) is 45.6 Å². The number of benzene rings is 1. The van der Waals surface area contributed by atoms with Gasteiger partial charge in [0.15, 0.2) is 5.57 Å². The van der Waals surface area contributed by atoms with Crippen molar-refractivity contribution in [1.29, 1.82) is 15.8 Å². The Morgan fingerprint density at radius 3 is 2.18 bits per heavy atom. The van der Waals surface area contributed by atoms with Gasteiger partial charge in [0.05, 0.1) is 5.69 Å². The van der Waals surface area contributed by atoms with Crippen molar-refractivity contribution in [2.75, 3.05) is 5.32 Å². The molecule has 0 saturated carbocycles. The summed E-state index contributed by atoms with van der Waals surface area (Å²) < 4.78 is 25.8. The highest BCUT2D eigenvalue weighted by molar-refractivity contribution is 5.58. The lowest BCUT2D eigenvalue weighted by Crippen LogP contribution is -2.02. The smallest absolute Gasteiger partial charge is 0.163 e. The SMILES string of the molecule is N#CC(C#N)=C(C#N)Nc1ccc(F)cc1F. The predicted octanol–water partition coefficient (Wildman–Crippen LogP) is 2.20. The minimum Gasteiger partial charge on any atom is -0.343 e. The Morgan fingerprint density at radius 2 is 1.71 bits per heavy atom. The number of rotatable bonds is 2. The Morgan fingerprint density at radius 1 is 1.06 bits per heavy atom. The van der Waals surface area contributed by atoms with Crippen molar-refractivity contribution in [3.8, 4) is 18.2 Å². The maximum Gasteiger partial charge on any atom is 0.163 e. The van der Waals surface area contributed by atoms with Gasteiger partial charge in [0.1, 0.15) is 35.5 Å². The van der Waals surface area contributed by atoms with E-state index in [-0.39, 0.29) is 11.4 Å². The van der Waals surface area contributed by atoms with E-state index >= 15 is 0 Å². The van der Waals surface area contributed by atoms with Crippen LogP contribution in [0.4, 0.5) is 14.5 Å². The van der Waals surface area contributed by atoms with E-state index < -0.39 is 17.2 Å². The Labute approximate surface area is 95.6 Å². The zero-order valence-electron chi connectivity index (χ0n) is 8.33. The van der Waals surface area contributed by atoms with Crippen LogP contribution >= 0.6 is 0 Å². The van der Waals surface area contributed by atoms with E-state index in [0.717, 1.165) is 12.1 Å². The lowest BCUT2D eigenvalue weighted by atomic mass is 10.2. The summed E-state index contributed by atoms with van der Waals surface area (Å²) in [6.07, 6.45) is 0. The number of hydrogen-bond donors (Lipinski definition) is 1. The molecule has 1 aromatic rings. The van der Waals surface area contributed by atoms with E-state index in [1.807, 2.05) is 0 Å². The molecule has 0 radical (unpaired) electrons. The molecular formula is C11H4F2N4. The molecule has 4 nitrogen and oxygen atoms in total. The van der Waals surface area contributed by atoms with Crippen LogP contribution in [0.2, 0.25) is 0 Å². The molecule has 0 aliphatic rings. The van der Waals surface area contributed by atoms with Gasteiger partial charge >= 0.3 is 0 Å². The average Bonchev–Trinajstić information content (AvgIpc) is 2.32. The molecule has 0 amide bonds. The molecule has 1 N–H and O–H groups in total. The Hall–Kier alpha value is -2.91. The summed E-state index contributed by atoms with van der Waals surface area (Å²) in [5.41, 5.74) is -1.05. The van der Waals surface area contributed by atoms with Crippen molar-refractivity contribution in [3.63, 3.8) is 0 Å². The van der Waals surface area contributed by atoms with Gasteiger partial charge in [0.2, 0.25) is 0 Å². The Bertz CT molecular complexity index is 583. The number of anilines is 1. The first-order chi connectivity index (χ1) is 8.12. The van der Waals surface area contributed by atoms with E-state index in [4.69, 9.17) is 15.8 Å². The summed E-state index contributed by atoms with van der Waals surface area (Å²) in [6, 6.07) is 7.21. The lowest BCUT2D eigenvalue weighted by molar-refractivity contribution is 0.586. The fourth-order valence-corrected chi connectivity index (χ4v) is 1.01. The van der Waals surface area contributed by atoms with Gasteiger partial charge in [-0.25, -0.2) is 8.78 Å². The number of nitrogens with one attached hydrogen (secondary N) is 1. The van der Waals surface area contributed by atoms with Gasteiger partial charge in [-0.05, 0) is 12.1 Å². The molecule has 0 atom stereocenters. The molecule has 0 heterocycles. The molecular weight excluding hydrogens is 226 g/mol. The number of allylic oxidation sites excluding steroid dienone is 2. The molecule has 1 rings (SSSR count). The third-order valence-electron chi connectivity index (χ3n) is 1.78. The monoisotopic (exact) mass is 230 g/mol. The first kappa shape index (κ1) is 12.2. The molecule has 17 heavy (non-hydrogen) atoms. The Kier molecular flexibility index (Phi) is 3.76. The van der Waals surface area contributed by atoms with Crippen LogP contribution < -0.4 is 5.32 Å². The van der Waals surface area contributed by atoms with E-state index in [1.54, 1.807) is 6.07 Å². The molecule has 1 aromatic carbocycles. The van der Waals surface area contributed by atoms with E-state index in [2.05, 4.69) is 5.32 Å². The second-order valence-corrected chi connectivity index (χ2v) is 2.83. The summed E-state index contributed by atoms with van der Waals surface area (Å²) in [6.45, 7) is 0. The van der Waals surface area contributed by atoms with Crippen molar-refractivity contribution in [3.05, 3.63) is 41.1 Å². The van der Waals surface area contributed by atoms with Crippen LogP contribution in [0.1, 0.15) is 0 Å². The lowest BCUT2D eigenvalue weighted by Gasteiger charge is -2.05. The normalized spacial score (nSPS) is 8.41. The van der Waals surface area contributed by atoms with Gasteiger partial charge in [-0.15, -0.1) is 0 Å². The molecule has 0 spiro atoms. The summed E-state index contributed by atoms with van der Waals surface area (Å²) in [4.78, 5) is 0. The highest BCUT2D eigenvalue weighted by Crippen LogP contribution is 2.17. The first-order valence-corrected chi connectivity index (χ1v) is 4.29. The molecule has 0 aromatic heterocycles. The van der Waals surface area contributed by atoms with Crippen molar-refractivity contribution >= 4 is 5.69 Å². The van der Waals surface area contributed by atoms with E-state index in [1.165, 1.54) is 12.1 Å². The van der Waals surface area contributed by atoms with Crippen LogP contribution in [-0.4, -0.2) is 0 Å². The first-order valence-electron chi connectivity index (χ1n) is 4.29. The molecule has 0 aliphatic heterocycles. The van der Waals surface area contributed by atoms with Crippen molar-refractivity contribution in [2.45, 2.75) is 0 Å². The van der Waals surface area contributed by atoms with Gasteiger partial charge in [0, 0.05) is 6.07 Å². The zero-order chi connectivity index (χ0) is 12.8. The highest BCUT2D eigenvalue weighted by Gasteiger charge is 2.09. The van der Waals surface area contributed by atoms with Gasteiger partial charge in [-0.3, -0.25) is 0 Å². The third kappa shape index (κ3) is 2.77. The fraction of sp³-hybridized carbons (Fsp3) is 0. The van der Waals surface area contributed by atoms with Gasteiger partial charge < -0.3 is 5.32 Å². The summed E-state index contributed by atoms with van der Waals surface area (Å²) in [5, 5.41) is 28.0. The average molecular weight is 230 g/mol. The van der Waals surface area contributed by atoms with Crippen LogP contribution in [0.5, 0.6) is 0 Å². The highest BCUT2D eigenvalue weighted by atomic mass is 19.1. The number of nitrogens with zero attached hydrogens (tertiary/aromatic N) is 3. The van der Waals surface area contributed by atoms with Crippen molar-refractivity contribution < 1.29 is 8.78 Å².